The molecule has 0 bridgehead atoms. The zero-order valence-electron chi connectivity index (χ0n) is 8.46. The number of aromatic amines is 1. The number of fused-ring (bicyclic) bond motifs is 1. The first-order chi connectivity index (χ1) is 7.29. The van der Waals surface area contributed by atoms with Gasteiger partial charge in [-0.1, -0.05) is 12.1 Å². The summed E-state index contributed by atoms with van der Waals surface area (Å²) >= 11 is 0. The van der Waals surface area contributed by atoms with Crippen LogP contribution in [0.1, 0.15) is 6.92 Å². The highest BCUT2D eigenvalue weighted by atomic mass is 15.2. The predicted octanol–water partition coefficient (Wildman–Crippen LogP) is 1.52. The molecule has 5 nitrogen and oxygen atoms in total. The number of aromatic nitrogens is 2. The Labute approximate surface area is 87.4 Å². The van der Waals surface area contributed by atoms with E-state index in [0.29, 0.717) is 12.5 Å². The average molecular weight is 203 g/mol. The van der Waals surface area contributed by atoms with Gasteiger partial charge in [-0.2, -0.15) is 0 Å². The Balaban J connectivity index is 2.18. The second kappa shape index (κ2) is 4.00. The number of hydrogen-bond acceptors (Lipinski definition) is 2. The fraction of sp³-hybridized carbons (Fsp3) is 0.200. The molecule has 0 spiro atoms. The number of para-hydroxylation sites is 2. The molecule has 1 aromatic carbocycles. The lowest BCUT2D eigenvalue weighted by Gasteiger charge is -2.04. The molecule has 0 amide bonds. The van der Waals surface area contributed by atoms with Crippen molar-refractivity contribution in [2.45, 2.75) is 6.92 Å². The van der Waals surface area contributed by atoms with Crippen molar-refractivity contribution in [3.63, 3.8) is 0 Å². The molecule has 15 heavy (non-hydrogen) atoms. The van der Waals surface area contributed by atoms with Gasteiger partial charge in [0.1, 0.15) is 0 Å². The number of benzene rings is 1. The van der Waals surface area contributed by atoms with Gasteiger partial charge in [0.25, 0.3) is 0 Å². The molecule has 4 N–H and O–H groups in total. The van der Waals surface area contributed by atoms with E-state index in [1.807, 2.05) is 31.2 Å². The summed E-state index contributed by atoms with van der Waals surface area (Å²) in [5.41, 5.74) is 1.86. The fourth-order valence-electron chi connectivity index (χ4n) is 1.35. The van der Waals surface area contributed by atoms with Crippen molar-refractivity contribution < 1.29 is 0 Å². The summed E-state index contributed by atoms with van der Waals surface area (Å²) < 4.78 is 0. The average Bonchev–Trinajstić information content (AvgIpc) is 2.59. The topological polar surface area (TPSA) is 76.6 Å². The first kappa shape index (κ1) is 9.51. The van der Waals surface area contributed by atoms with Crippen LogP contribution in [0.2, 0.25) is 0 Å². The number of H-pyrrole nitrogens is 1. The van der Waals surface area contributed by atoms with Gasteiger partial charge in [0.2, 0.25) is 5.95 Å². The number of imidazole rings is 1. The second-order valence-corrected chi connectivity index (χ2v) is 3.13. The summed E-state index contributed by atoms with van der Waals surface area (Å²) in [6, 6.07) is 7.75. The molecule has 0 aliphatic rings. The minimum absolute atomic E-state index is 0.247. The van der Waals surface area contributed by atoms with Crippen molar-refractivity contribution in [1.29, 1.82) is 5.41 Å². The number of rotatable bonds is 2. The lowest BCUT2D eigenvalue weighted by atomic mass is 10.3. The SMILES string of the molecule is CCNC(=N)Nc1nc2ccccc2[nH]1. The Morgan fingerprint density at radius 1 is 1.47 bits per heavy atom. The van der Waals surface area contributed by atoms with Gasteiger partial charge in [-0.05, 0) is 19.1 Å². The van der Waals surface area contributed by atoms with E-state index in [-0.39, 0.29) is 5.96 Å². The van der Waals surface area contributed by atoms with Crippen LogP contribution in [0, 0.1) is 5.41 Å². The molecule has 0 aliphatic heterocycles. The highest BCUT2D eigenvalue weighted by Gasteiger charge is 2.02. The quantitative estimate of drug-likeness (QED) is 0.441. The number of hydrogen-bond donors (Lipinski definition) is 4. The Hall–Kier alpha value is -2.04. The first-order valence-corrected chi connectivity index (χ1v) is 4.84. The van der Waals surface area contributed by atoms with E-state index in [4.69, 9.17) is 5.41 Å². The van der Waals surface area contributed by atoms with E-state index in [9.17, 15) is 0 Å². The molecule has 1 aromatic heterocycles. The van der Waals surface area contributed by atoms with Crippen LogP contribution in [0.25, 0.3) is 11.0 Å². The molecule has 0 aliphatic carbocycles. The van der Waals surface area contributed by atoms with E-state index in [2.05, 4.69) is 20.6 Å². The van der Waals surface area contributed by atoms with Gasteiger partial charge in [-0.3, -0.25) is 10.7 Å². The van der Waals surface area contributed by atoms with Crippen LogP contribution in [-0.2, 0) is 0 Å². The van der Waals surface area contributed by atoms with E-state index in [0.717, 1.165) is 11.0 Å². The normalized spacial score (nSPS) is 10.2. The van der Waals surface area contributed by atoms with Gasteiger partial charge in [0.15, 0.2) is 5.96 Å². The maximum atomic E-state index is 7.52. The van der Waals surface area contributed by atoms with Crippen molar-refractivity contribution in [2.24, 2.45) is 0 Å². The van der Waals surface area contributed by atoms with Crippen LogP contribution in [0.15, 0.2) is 24.3 Å². The molecule has 5 heteroatoms. The van der Waals surface area contributed by atoms with Crippen LogP contribution in [0.3, 0.4) is 0 Å². The Morgan fingerprint density at radius 2 is 2.27 bits per heavy atom. The molecule has 0 saturated heterocycles. The molecular weight excluding hydrogens is 190 g/mol. The smallest absolute Gasteiger partial charge is 0.208 e. The highest BCUT2D eigenvalue weighted by molar-refractivity contribution is 5.91. The van der Waals surface area contributed by atoms with E-state index in [1.165, 1.54) is 0 Å². The molecule has 0 radical (unpaired) electrons. The summed E-state index contributed by atoms with van der Waals surface area (Å²) in [4.78, 5) is 7.37. The Kier molecular flexibility index (Phi) is 2.53. The zero-order valence-corrected chi connectivity index (χ0v) is 8.46. The van der Waals surface area contributed by atoms with Crippen molar-refractivity contribution >= 4 is 22.9 Å². The van der Waals surface area contributed by atoms with Crippen LogP contribution in [0.5, 0.6) is 0 Å². The van der Waals surface area contributed by atoms with Crippen LogP contribution < -0.4 is 10.6 Å². The van der Waals surface area contributed by atoms with Crippen molar-refractivity contribution in [1.82, 2.24) is 15.3 Å². The van der Waals surface area contributed by atoms with Gasteiger partial charge >= 0.3 is 0 Å². The minimum Gasteiger partial charge on any atom is -0.357 e. The van der Waals surface area contributed by atoms with Gasteiger partial charge in [0, 0.05) is 6.54 Å². The van der Waals surface area contributed by atoms with E-state index < -0.39 is 0 Å². The third-order valence-electron chi connectivity index (χ3n) is 1.99. The fourth-order valence-corrected chi connectivity index (χ4v) is 1.35. The summed E-state index contributed by atoms with van der Waals surface area (Å²) in [5, 5.41) is 13.2. The standard InChI is InChI=1S/C10H13N5/c1-2-12-9(11)15-10-13-7-5-3-4-6-8(7)14-10/h3-6H,2H2,1H3,(H4,11,12,13,14,15). The number of nitrogens with one attached hydrogen (secondary N) is 4. The lowest BCUT2D eigenvalue weighted by molar-refractivity contribution is 0.951. The predicted molar refractivity (Wildman–Crippen MR) is 61.1 cm³/mol. The van der Waals surface area contributed by atoms with Crippen molar-refractivity contribution in [3.8, 4) is 0 Å². The van der Waals surface area contributed by atoms with Crippen LogP contribution >= 0.6 is 0 Å². The number of guanidine groups is 1. The molecule has 2 rings (SSSR count). The zero-order chi connectivity index (χ0) is 10.7. The van der Waals surface area contributed by atoms with Gasteiger partial charge < -0.3 is 10.3 Å². The van der Waals surface area contributed by atoms with Gasteiger partial charge in [-0.15, -0.1) is 0 Å². The summed E-state index contributed by atoms with van der Waals surface area (Å²) in [7, 11) is 0. The molecule has 0 saturated carbocycles. The maximum absolute atomic E-state index is 7.52. The summed E-state index contributed by atoms with van der Waals surface area (Å²) in [6.07, 6.45) is 0. The summed E-state index contributed by atoms with van der Waals surface area (Å²) in [6.45, 7) is 2.65. The third kappa shape index (κ3) is 2.07. The molecule has 0 fully saturated rings. The monoisotopic (exact) mass is 203 g/mol. The van der Waals surface area contributed by atoms with Gasteiger partial charge in [-0.25, -0.2) is 4.98 Å². The maximum Gasteiger partial charge on any atom is 0.208 e. The van der Waals surface area contributed by atoms with Gasteiger partial charge in [0.05, 0.1) is 11.0 Å². The largest absolute Gasteiger partial charge is 0.357 e. The highest BCUT2D eigenvalue weighted by Crippen LogP contribution is 2.12. The molecule has 78 valence electrons. The molecular formula is C10H13N5. The Bertz CT molecular complexity index is 440. The van der Waals surface area contributed by atoms with Crippen molar-refractivity contribution in [3.05, 3.63) is 24.3 Å². The summed E-state index contributed by atoms with van der Waals surface area (Å²) in [5.74, 6) is 0.832. The van der Waals surface area contributed by atoms with Crippen LogP contribution in [-0.4, -0.2) is 22.5 Å². The lowest BCUT2D eigenvalue weighted by Crippen LogP contribution is -2.29. The third-order valence-corrected chi connectivity index (χ3v) is 1.99. The minimum atomic E-state index is 0.247. The number of anilines is 1. The first-order valence-electron chi connectivity index (χ1n) is 4.84. The molecule has 2 aromatic rings. The molecule has 1 heterocycles. The molecule has 0 atom stereocenters. The van der Waals surface area contributed by atoms with E-state index >= 15 is 0 Å². The Morgan fingerprint density at radius 3 is 3.00 bits per heavy atom. The van der Waals surface area contributed by atoms with Crippen molar-refractivity contribution in [2.75, 3.05) is 11.9 Å². The second-order valence-electron chi connectivity index (χ2n) is 3.13. The van der Waals surface area contributed by atoms with E-state index in [1.54, 1.807) is 0 Å². The number of nitrogens with zero attached hydrogens (tertiary/aromatic N) is 1. The molecule has 0 unspecified atom stereocenters. The van der Waals surface area contributed by atoms with Crippen LogP contribution in [0.4, 0.5) is 5.95 Å².